The van der Waals surface area contributed by atoms with Crippen molar-refractivity contribution in [2.45, 2.75) is 27.1 Å². The van der Waals surface area contributed by atoms with E-state index in [0.29, 0.717) is 34.5 Å². The Morgan fingerprint density at radius 2 is 1.66 bits per heavy atom. The number of nitrogens with zero attached hydrogens (tertiary/aromatic N) is 2. The first kappa shape index (κ1) is 28.3. The predicted molar refractivity (Wildman–Crippen MR) is 163 cm³/mol. The molecule has 208 valence electrons. The van der Waals surface area contributed by atoms with Crippen LogP contribution in [0.4, 0.5) is 0 Å². The smallest absolute Gasteiger partial charge is 0.307 e. The Hall–Kier alpha value is -4.27. The van der Waals surface area contributed by atoms with Crippen LogP contribution in [-0.2, 0) is 13.2 Å². The lowest BCUT2D eigenvalue weighted by atomic mass is 10.2. The molecule has 3 aromatic carbocycles. The monoisotopic (exact) mass is 631 g/mol. The second-order valence-electron chi connectivity index (χ2n) is 9.30. The van der Waals surface area contributed by atoms with Crippen LogP contribution in [0.1, 0.15) is 38.8 Å². The third kappa shape index (κ3) is 7.28. The van der Waals surface area contributed by atoms with E-state index in [0.717, 1.165) is 15.7 Å². The summed E-state index contributed by atoms with van der Waals surface area (Å²) in [4.78, 5) is 12.6. The molecule has 5 aromatic rings. The highest BCUT2D eigenvalue weighted by atomic mass is 79.9. The van der Waals surface area contributed by atoms with Crippen molar-refractivity contribution in [1.29, 1.82) is 0 Å². The number of amides is 1. The Kier molecular flexibility index (Phi) is 8.91. The number of aromatic nitrogens is 1. The van der Waals surface area contributed by atoms with Gasteiger partial charge in [0.2, 0.25) is 0 Å². The second-order valence-corrected chi connectivity index (χ2v) is 10.6. The molecule has 0 aliphatic rings. The van der Waals surface area contributed by atoms with Crippen LogP contribution in [0.2, 0.25) is 5.02 Å². The first-order chi connectivity index (χ1) is 19.9. The van der Waals surface area contributed by atoms with E-state index in [-0.39, 0.29) is 12.4 Å². The largest absolute Gasteiger partial charge is 0.488 e. The van der Waals surface area contributed by atoms with Gasteiger partial charge in [0.25, 0.3) is 0 Å². The molecule has 0 unspecified atom stereocenters. The van der Waals surface area contributed by atoms with Crippen LogP contribution in [0.5, 0.6) is 11.5 Å². The molecule has 0 saturated carbocycles. The predicted octanol–water partition coefficient (Wildman–Crippen LogP) is 8.02. The van der Waals surface area contributed by atoms with Crippen LogP contribution < -0.4 is 14.9 Å². The van der Waals surface area contributed by atoms with Crippen molar-refractivity contribution in [3.8, 4) is 17.2 Å². The summed E-state index contributed by atoms with van der Waals surface area (Å²) in [6, 6.07) is 28.3. The van der Waals surface area contributed by atoms with Crippen LogP contribution in [-0.4, -0.2) is 16.7 Å². The molecule has 41 heavy (non-hydrogen) atoms. The number of ether oxygens (including phenoxy) is 2. The molecule has 0 bridgehead atoms. The Morgan fingerprint density at radius 3 is 2.39 bits per heavy atom. The highest BCUT2D eigenvalue weighted by Gasteiger charge is 2.12. The lowest BCUT2D eigenvalue weighted by Gasteiger charge is -2.10. The number of rotatable bonds is 10. The number of benzene rings is 3. The van der Waals surface area contributed by atoms with Gasteiger partial charge in [-0.25, -0.2) is 5.43 Å². The molecule has 2 heterocycles. The number of nitrogens with one attached hydrogen (secondary N) is 1. The number of hydrogen-bond acceptors (Lipinski definition) is 5. The summed E-state index contributed by atoms with van der Waals surface area (Å²) in [5, 5.41) is 4.76. The zero-order valence-electron chi connectivity index (χ0n) is 22.4. The van der Waals surface area contributed by atoms with Crippen molar-refractivity contribution in [3.05, 3.63) is 135 Å². The molecular formula is C32H27BrClN3O4. The standard InChI is InChI=1S/C32H27BrClN3O4/c1-21-3-4-22(2)37(21)27-10-12-28(13-11-27)39-20-29-14-16-31(41-29)32(38)36-35-18-24-17-25(33)7-15-30(24)40-19-23-5-8-26(34)9-6-23/h3-18H,19-20H2,1-2H3,(H,36,38)/b35-18+. The van der Waals surface area contributed by atoms with Crippen LogP contribution in [0.3, 0.4) is 0 Å². The molecule has 1 amide bonds. The molecule has 0 aliphatic carbocycles. The maximum atomic E-state index is 12.6. The van der Waals surface area contributed by atoms with Crippen molar-refractivity contribution in [1.82, 2.24) is 9.99 Å². The van der Waals surface area contributed by atoms with Crippen molar-refractivity contribution < 1.29 is 18.7 Å². The molecule has 2 aromatic heterocycles. The van der Waals surface area contributed by atoms with E-state index in [2.05, 4.69) is 57.0 Å². The van der Waals surface area contributed by atoms with Crippen molar-refractivity contribution in [3.63, 3.8) is 0 Å². The Bertz CT molecular complexity index is 1650. The van der Waals surface area contributed by atoms with E-state index in [1.807, 2.05) is 66.7 Å². The minimum absolute atomic E-state index is 0.128. The van der Waals surface area contributed by atoms with Gasteiger partial charge in [-0.1, -0.05) is 39.7 Å². The second kappa shape index (κ2) is 12.9. The zero-order chi connectivity index (χ0) is 28.8. The molecule has 7 nitrogen and oxygen atoms in total. The average Bonchev–Trinajstić information content (AvgIpc) is 3.58. The quantitative estimate of drug-likeness (QED) is 0.125. The van der Waals surface area contributed by atoms with Crippen molar-refractivity contribution >= 4 is 39.7 Å². The van der Waals surface area contributed by atoms with Gasteiger partial charge < -0.3 is 18.5 Å². The normalized spacial score (nSPS) is 11.1. The molecule has 1 N–H and O–H groups in total. The fraction of sp³-hybridized carbons (Fsp3) is 0.125. The van der Waals surface area contributed by atoms with E-state index in [1.165, 1.54) is 17.6 Å². The summed E-state index contributed by atoms with van der Waals surface area (Å²) in [5.41, 5.74) is 7.57. The minimum Gasteiger partial charge on any atom is -0.488 e. The molecule has 0 aliphatic heterocycles. The van der Waals surface area contributed by atoms with Crippen LogP contribution in [0.15, 0.2) is 105 Å². The third-order valence-corrected chi connectivity index (χ3v) is 7.03. The lowest BCUT2D eigenvalue weighted by Crippen LogP contribution is -2.16. The van der Waals surface area contributed by atoms with Crippen LogP contribution in [0.25, 0.3) is 5.69 Å². The number of hydrogen-bond donors (Lipinski definition) is 1. The van der Waals surface area contributed by atoms with E-state index in [9.17, 15) is 4.79 Å². The maximum absolute atomic E-state index is 12.6. The minimum atomic E-state index is -0.479. The van der Waals surface area contributed by atoms with E-state index in [1.54, 1.807) is 12.1 Å². The molecule has 0 radical (unpaired) electrons. The average molecular weight is 633 g/mol. The molecule has 9 heteroatoms. The number of furan rings is 1. The molecular weight excluding hydrogens is 606 g/mol. The Labute approximate surface area is 251 Å². The molecule has 0 fully saturated rings. The number of carbonyl (C=O) groups is 1. The van der Waals surface area contributed by atoms with E-state index >= 15 is 0 Å². The number of halogens is 2. The van der Waals surface area contributed by atoms with Crippen LogP contribution >= 0.6 is 27.5 Å². The fourth-order valence-corrected chi connectivity index (χ4v) is 4.71. The summed E-state index contributed by atoms with van der Waals surface area (Å²) in [6.45, 7) is 4.69. The van der Waals surface area contributed by atoms with Crippen molar-refractivity contribution in [2.75, 3.05) is 0 Å². The lowest BCUT2D eigenvalue weighted by molar-refractivity contribution is 0.0923. The molecule has 0 spiro atoms. The first-order valence-electron chi connectivity index (χ1n) is 12.8. The number of hydrazone groups is 1. The summed E-state index contributed by atoms with van der Waals surface area (Å²) < 4.78 is 20.5. The highest BCUT2D eigenvalue weighted by molar-refractivity contribution is 9.10. The van der Waals surface area contributed by atoms with E-state index < -0.39 is 5.91 Å². The van der Waals surface area contributed by atoms with Gasteiger partial charge in [0.05, 0.1) is 6.21 Å². The molecule has 0 atom stereocenters. The molecule has 0 saturated heterocycles. The number of carbonyl (C=O) groups excluding carboxylic acids is 1. The summed E-state index contributed by atoms with van der Waals surface area (Å²) in [7, 11) is 0. The van der Waals surface area contributed by atoms with Gasteiger partial charge in [-0.15, -0.1) is 0 Å². The van der Waals surface area contributed by atoms with Gasteiger partial charge in [-0.2, -0.15) is 5.10 Å². The fourth-order valence-electron chi connectivity index (χ4n) is 4.21. The summed E-state index contributed by atoms with van der Waals surface area (Å²) in [6.07, 6.45) is 1.52. The van der Waals surface area contributed by atoms with Crippen LogP contribution in [0, 0.1) is 13.8 Å². The van der Waals surface area contributed by atoms with Crippen molar-refractivity contribution in [2.24, 2.45) is 5.10 Å². The summed E-state index contributed by atoms with van der Waals surface area (Å²) in [5.74, 6) is 1.48. The SMILES string of the molecule is Cc1ccc(C)n1-c1ccc(OCc2ccc(C(=O)N/N=C/c3cc(Br)ccc3OCc3ccc(Cl)cc3)o2)cc1. The first-order valence-corrected chi connectivity index (χ1v) is 14.0. The van der Waals surface area contributed by atoms with Gasteiger partial charge in [0, 0.05) is 32.1 Å². The maximum Gasteiger partial charge on any atom is 0.307 e. The topological polar surface area (TPSA) is 78.0 Å². The molecule has 5 rings (SSSR count). The van der Waals surface area contributed by atoms with Gasteiger partial charge in [-0.05, 0) is 98.3 Å². The van der Waals surface area contributed by atoms with Gasteiger partial charge in [-0.3, -0.25) is 4.79 Å². The number of aryl methyl sites for hydroxylation is 2. The summed E-state index contributed by atoms with van der Waals surface area (Å²) >= 11 is 9.42. The van der Waals surface area contributed by atoms with Gasteiger partial charge >= 0.3 is 5.91 Å². The highest BCUT2D eigenvalue weighted by Crippen LogP contribution is 2.24. The van der Waals surface area contributed by atoms with Gasteiger partial charge in [0.1, 0.15) is 30.5 Å². The zero-order valence-corrected chi connectivity index (χ0v) is 24.8. The Morgan fingerprint density at radius 1 is 0.927 bits per heavy atom. The Balaban J connectivity index is 1.15. The van der Waals surface area contributed by atoms with E-state index in [4.69, 9.17) is 25.5 Å². The van der Waals surface area contributed by atoms with Gasteiger partial charge in [0.15, 0.2) is 5.76 Å². The third-order valence-electron chi connectivity index (χ3n) is 6.28.